The molecule has 3 nitrogen and oxygen atoms in total. The largest absolute Gasteiger partial charge is 0.391 e. The van der Waals surface area contributed by atoms with Gasteiger partial charge < -0.3 is 16.2 Å². The second-order valence-corrected chi connectivity index (χ2v) is 4.03. The van der Waals surface area contributed by atoms with Gasteiger partial charge in [-0.15, -0.1) is 0 Å². The summed E-state index contributed by atoms with van der Waals surface area (Å²) in [6.07, 6.45) is 1.31. The van der Waals surface area contributed by atoms with Crippen LogP contribution in [0.1, 0.15) is 23.6 Å². The number of hydrogen-bond acceptors (Lipinski definition) is 3. The van der Waals surface area contributed by atoms with Crippen LogP contribution in [0.25, 0.3) is 0 Å². The topological polar surface area (TPSA) is 58.3 Å². The predicted octanol–water partition coefficient (Wildman–Crippen LogP) is 0.583. The highest BCUT2D eigenvalue weighted by Gasteiger charge is 2.24. The van der Waals surface area contributed by atoms with Gasteiger partial charge in [0.15, 0.2) is 0 Å². The van der Waals surface area contributed by atoms with E-state index in [2.05, 4.69) is 23.5 Å². The number of benzene rings is 1. The molecule has 82 valence electrons. The molecule has 0 saturated carbocycles. The Balaban J connectivity index is 2.21. The number of aliphatic hydroxyl groups is 1. The summed E-state index contributed by atoms with van der Waals surface area (Å²) in [4.78, 5) is 0. The molecule has 1 aromatic carbocycles. The van der Waals surface area contributed by atoms with Gasteiger partial charge in [-0.05, 0) is 37.1 Å². The van der Waals surface area contributed by atoms with Crippen LogP contribution in [-0.2, 0) is 6.42 Å². The summed E-state index contributed by atoms with van der Waals surface area (Å²) in [7, 11) is 0. The van der Waals surface area contributed by atoms with E-state index in [4.69, 9.17) is 5.73 Å². The Labute approximate surface area is 90.3 Å². The van der Waals surface area contributed by atoms with E-state index in [1.54, 1.807) is 0 Å². The zero-order chi connectivity index (χ0) is 10.7. The lowest BCUT2D eigenvalue weighted by Crippen LogP contribution is -2.38. The quantitative estimate of drug-likeness (QED) is 0.678. The summed E-state index contributed by atoms with van der Waals surface area (Å²) in [6, 6.07) is 8.35. The number of hydrogen-bond donors (Lipinski definition) is 3. The van der Waals surface area contributed by atoms with Gasteiger partial charge in [-0.3, -0.25) is 0 Å². The molecule has 2 rings (SSSR count). The van der Waals surface area contributed by atoms with Crippen LogP contribution in [0.2, 0.25) is 0 Å². The monoisotopic (exact) mass is 206 g/mol. The van der Waals surface area contributed by atoms with Crippen LogP contribution in [0.15, 0.2) is 24.3 Å². The van der Waals surface area contributed by atoms with Crippen molar-refractivity contribution in [2.75, 3.05) is 13.1 Å². The Morgan fingerprint density at radius 2 is 2.27 bits per heavy atom. The van der Waals surface area contributed by atoms with E-state index in [0.29, 0.717) is 13.0 Å². The van der Waals surface area contributed by atoms with E-state index in [9.17, 15) is 5.11 Å². The summed E-state index contributed by atoms with van der Waals surface area (Å²) in [5.41, 5.74) is 8.04. The molecular formula is C12H18N2O. The minimum atomic E-state index is -0.378. The summed E-state index contributed by atoms with van der Waals surface area (Å²) >= 11 is 0. The Morgan fingerprint density at radius 3 is 3.07 bits per heavy atom. The summed E-state index contributed by atoms with van der Waals surface area (Å²) in [6.45, 7) is 1.46. The molecule has 0 spiro atoms. The lowest BCUT2D eigenvalue weighted by Gasteiger charge is -2.30. The summed E-state index contributed by atoms with van der Waals surface area (Å²) in [5.74, 6) is 0. The van der Waals surface area contributed by atoms with E-state index in [1.807, 2.05) is 6.07 Å². The SMILES string of the molecule is NCCC(O)C1NCCc2ccccc21. The second-order valence-electron chi connectivity index (χ2n) is 4.03. The molecule has 2 atom stereocenters. The average Bonchev–Trinajstić information content (AvgIpc) is 2.28. The highest BCUT2D eigenvalue weighted by molar-refractivity contribution is 5.33. The molecular weight excluding hydrogens is 188 g/mol. The van der Waals surface area contributed by atoms with Crippen molar-refractivity contribution in [3.8, 4) is 0 Å². The minimum absolute atomic E-state index is 0.0542. The van der Waals surface area contributed by atoms with Crippen molar-refractivity contribution in [2.45, 2.75) is 25.0 Å². The van der Waals surface area contributed by atoms with Gasteiger partial charge in [-0.25, -0.2) is 0 Å². The zero-order valence-corrected chi connectivity index (χ0v) is 8.82. The number of aliphatic hydroxyl groups excluding tert-OH is 1. The average molecular weight is 206 g/mol. The highest BCUT2D eigenvalue weighted by Crippen LogP contribution is 2.26. The van der Waals surface area contributed by atoms with Crippen LogP contribution >= 0.6 is 0 Å². The van der Waals surface area contributed by atoms with Gasteiger partial charge >= 0.3 is 0 Å². The molecule has 0 amide bonds. The van der Waals surface area contributed by atoms with Crippen molar-refractivity contribution in [1.82, 2.24) is 5.32 Å². The standard InChI is InChI=1S/C12H18N2O/c13-7-5-11(15)12-10-4-2-1-3-9(10)6-8-14-12/h1-4,11-12,14-15H,5-8,13H2. The fourth-order valence-electron chi connectivity index (χ4n) is 2.22. The van der Waals surface area contributed by atoms with Crippen LogP contribution < -0.4 is 11.1 Å². The fourth-order valence-corrected chi connectivity index (χ4v) is 2.22. The van der Waals surface area contributed by atoms with Gasteiger partial charge in [0.1, 0.15) is 0 Å². The highest BCUT2D eigenvalue weighted by atomic mass is 16.3. The van der Waals surface area contributed by atoms with Gasteiger partial charge in [0, 0.05) is 0 Å². The normalized spacial score (nSPS) is 22.1. The van der Waals surface area contributed by atoms with Crippen LogP contribution in [0, 0.1) is 0 Å². The molecule has 0 radical (unpaired) electrons. The lowest BCUT2D eigenvalue weighted by atomic mass is 9.90. The zero-order valence-electron chi connectivity index (χ0n) is 8.82. The third-order valence-corrected chi connectivity index (χ3v) is 3.00. The number of nitrogens with one attached hydrogen (secondary N) is 1. The van der Waals surface area contributed by atoms with E-state index in [0.717, 1.165) is 13.0 Å². The summed E-state index contributed by atoms with van der Waals surface area (Å²) < 4.78 is 0. The number of nitrogens with two attached hydrogens (primary N) is 1. The van der Waals surface area contributed by atoms with Crippen LogP contribution in [-0.4, -0.2) is 24.3 Å². The van der Waals surface area contributed by atoms with Gasteiger partial charge in [-0.1, -0.05) is 24.3 Å². The molecule has 4 N–H and O–H groups in total. The van der Waals surface area contributed by atoms with Crippen molar-refractivity contribution in [3.05, 3.63) is 35.4 Å². The van der Waals surface area contributed by atoms with E-state index < -0.39 is 0 Å². The molecule has 1 aliphatic heterocycles. The van der Waals surface area contributed by atoms with E-state index in [-0.39, 0.29) is 12.1 Å². The van der Waals surface area contributed by atoms with Gasteiger partial charge in [0.05, 0.1) is 12.1 Å². The maximum Gasteiger partial charge on any atom is 0.0747 e. The van der Waals surface area contributed by atoms with Crippen LogP contribution in [0.3, 0.4) is 0 Å². The Kier molecular flexibility index (Phi) is 3.36. The molecule has 1 aliphatic rings. The predicted molar refractivity (Wildman–Crippen MR) is 60.6 cm³/mol. The third-order valence-electron chi connectivity index (χ3n) is 3.00. The van der Waals surface area contributed by atoms with Crippen molar-refractivity contribution in [2.24, 2.45) is 5.73 Å². The van der Waals surface area contributed by atoms with E-state index in [1.165, 1.54) is 11.1 Å². The van der Waals surface area contributed by atoms with Crippen molar-refractivity contribution >= 4 is 0 Å². The lowest BCUT2D eigenvalue weighted by molar-refractivity contribution is 0.118. The fraction of sp³-hybridized carbons (Fsp3) is 0.500. The minimum Gasteiger partial charge on any atom is -0.391 e. The first kappa shape index (κ1) is 10.6. The van der Waals surface area contributed by atoms with Gasteiger partial charge in [0.25, 0.3) is 0 Å². The third kappa shape index (κ3) is 2.20. The Hall–Kier alpha value is -0.900. The van der Waals surface area contributed by atoms with Crippen LogP contribution in [0.5, 0.6) is 0 Å². The maximum absolute atomic E-state index is 9.98. The molecule has 15 heavy (non-hydrogen) atoms. The maximum atomic E-state index is 9.98. The molecule has 0 aliphatic carbocycles. The van der Waals surface area contributed by atoms with Crippen molar-refractivity contribution in [1.29, 1.82) is 0 Å². The van der Waals surface area contributed by atoms with Crippen molar-refractivity contribution < 1.29 is 5.11 Å². The first-order chi connectivity index (χ1) is 7.33. The van der Waals surface area contributed by atoms with Crippen LogP contribution in [0.4, 0.5) is 0 Å². The number of rotatable bonds is 3. The molecule has 0 bridgehead atoms. The second kappa shape index (κ2) is 4.75. The van der Waals surface area contributed by atoms with Crippen molar-refractivity contribution in [3.63, 3.8) is 0 Å². The molecule has 3 heteroatoms. The molecule has 2 unspecified atom stereocenters. The molecule has 1 heterocycles. The molecule has 0 aromatic heterocycles. The van der Waals surface area contributed by atoms with E-state index >= 15 is 0 Å². The van der Waals surface area contributed by atoms with Gasteiger partial charge in [0.2, 0.25) is 0 Å². The first-order valence-electron chi connectivity index (χ1n) is 5.52. The summed E-state index contributed by atoms with van der Waals surface area (Å²) in [5, 5.41) is 13.3. The molecule has 0 fully saturated rings. The first-order valence-corrected chi connectivity index (χ1v) is 5.52. The van der Waals surface area contributed by atoms with Gasteiger partial charge in [-0.2, -0.15) is 0 Å². The molecule has 1 aromatic rings. The number of fused-ring (bicyclic) bond motifs is 1. The molecule has 0 saturated heterocycles. The Morgan fingerprint density at radius 1 is 1.47 bits per heavy atom. The smallest absolute Gasteiger partial charge is 0.0747 e. The Bertz CT molecular complexity index is 327.